The number of rotatable bonds is 3. The second-order valence-electron chi connectivity index (χ2n) is 3.62. The maximum Gasteiger partial charge on any atom is 0.126 e. The zero-order valence-corrected chi connectivity index (χ0v) is 8.75. The quantitative estimate of drug-likeness (QED) is 0.759. The second-order valence-corrected chi connectivity index (χ2v) is 4.48. The third-order valence-electron chi connectivity index (χ3n) is 2.54. The molecule has 0 N–H and O–H groups in total. The monoisotopic (exact) mass is 239 g/mol. The van der Waals surface area contributed by atoms with Crippen LogP contribution in [-0.4, -0.2) is 11.3 Å². The molecule has 13 heavy (non-hydrogen) atoms. The fourth-order valence-electron chi connectivity index (χ4n) is 1.42. The highest BCUT2D eigenvalue weighted by atomic mass is 79.9. The Bertz CT molecular complexity index is 333. The molecule has 0 unspecified atom stereocenters. The van der Waals surface area contributed by atoms with Gasteiger partial charge in [0.25, 0.3) is 0 Å². The third-order valence-corrected chi connectivity index (χ3v) is 3.26. The van der Waals surface area contributed by atoms with E-state index in [0.717, 1.165) is 30.0 Å². The van der Waals surface area contributed by atoms with Crippen molar-refractivity contribution in [3.05, 3.63) is 28.5 Å². The number of carbonyl (C=O) groups excluding carboxylic acids is 1. The highest BCUT2D eigenvalue weighted by molar-refractivity contribution is 9.10. The molecular formula is C10H10BrNO. The van der Waals surface area contributed by atoms with Gasteiger partial charge >= 0.3 is 0 Å². The van der Waals surface area contributed by atoms with Crippen LogP contribution in [0.3, 0.4) is 0 Å². The topological polar surface area (TPSA) is 30.0 Å². The van der Waals surface area contributed by atoms with Crippen LogP contribution in [0, 0.1) is 5.41 Å². The molecule has 68 valence electrons. The van der Waals surface area contributed by atoms with Crippen LogP contribution in [0.5, 0.6) is 0 Å². The van der Waals surface area contributed by atoms with Crippen LogP contribution in [0.1, 0.15) is 18.4 Å². The molecule has 0 atom stereocenters. The predicted octanol–water partition coefficient (Wildman–Crippen LogP) is 2.37. The summed E-state index contributed by atoms with van der Waals surface area (Å²) in [5.41, 5.74) is 1.13. The predicted molar refractivity (Wildman–Crippen MR) is 53.4 cm³/mol. The van der Waals surface area contributed by atoms with E-state index in [0.29, 0.717) is 0 Å². The average Bonchev–Trinajstić information content (AvgIpc) is 2.90. The van der Waals surface area contributed by atoms with Gasteiger partial charge < -0.3 is 4.79 Å². The number of aldehydes is 1. The summed E-state index contributed by atoms with van der Waals surface area (Å²) < 4.78 is 1.00. The van der Waals surface area contributed by atoms with Gasteiger partial charge in [0.1, 0.15) is 6.29 Å². The Balaban J connectivity index is 2.18. The Kier molecular flexibility index (Phi) is 2.20. The molecule has 0 aromatic carbocycles. The van der Waals surface area contributed by atoms with Crippen molar-refractivity contribution in [2.45, 2.75) is 19.3 Å². The zero-order chi connectivity index (χ0) is 9.31. The molecule has 1 saturated carbocycles. The Labute approximate surface area is 85.5 Å². The Morgan fingerprint density at radius 3 is 2.92 bits per heavy atom. The smallest absolute Gasteiger partial charge is 0.126 e. The molecule has 0 radical (unpaired) electrons. The van der Waals surface area contributed by atoms with Gasteiger partial charge in [-0.1, -0.05) is 0 Å². The minimum Gasteiger partial charge on any atom is -0.303 e. The molecule has 2 rings (SSSR count). The van der Waals surface area contributed by atoms with E-state index >= 15 is 0 Å². The van der Waals surface area contributed by atoms with Crippen LogP contribution in [0.4, 0.5) is 0 Å². The van der Waals surface area contributed by atoms with Crippen molar-refractivity contribution in [3.63, 3.8) is 0 Å². The molecule has 0 amide bonds. The summed E-state index contributed by atoms with van der Waals surface area (Å²) in [7, 11) is 0. The first-order valence-corrected chi connectivity index (χ1v) is 5.10. The summed E-state index contributed by atoms with van der Waals surface area (Å²) in [6, 6.07) is 1.97. The lowest BCUT2D eigenvalue weighted by atomic mass is 9.99. The molecule has 1 aromatic rings. The average molecular weight is 240 g/mol. The van der Waals surface area contributed by atoms with E-state index in [2.05, 4.69) is 20.9 Å². The van der Waals surface area contributed by atoms with Crippen molar-refractivity contribution in [2.24, 2.45) is 5.41 Å². The third kappa shape index (κ3) is 1.80. The van der Waals surface area contributed by atoms with Crippen LogP contribution in [0.2, 0.25) is 0 Å². The lowest BCUT2D eigenvalue weighted by Gasteiger charge is -2.07. The van der Waals surface area contributed by atoms with Gasteiger partial charge in [0, 0.05) is 22.3 Å². The Morgan fingerprint density at radius 2 is 2.38 bits per heavy atom. The molecule has 0 saturated heterocycles. The molecule has 0 spiro atoms. The minimum atomic E-state index is -0.0517. The molecule has 1 fully saturated rings. The molecule has 1 aliphatic carbocycles. The van der Waals surface area contributed by atoms with Crippen LogP contribution >= 0.6 is 15.9 Å². The van der Waals surface area contributed by atoms with Crippen molar-refractivity contribution < 1.29 is 4.79 Å². The first-order valence-electron chi connectivity index (χ1n) is 4.30. The first-order chi connectivity index (χ1) is 6.26. The number of hydrogen-bond donors (Lipinski definition) is 0. The van der Waals surface area contributed by atoms with Gasteiger partial charge in [-0.25, -0.2) is 0 Å². The van der Waals surface area contributed by atoms with E-state index in [9.17, 15) is 4.79 Å². The van der Waals surface area contributed by atoms with E-state index in [4.69, 9.17) is 0 Å². The number of nitrogens with zero attached hydrogens (tertiary/aromatic N) is 1. The van der Waals surface area contributed by atoms with Crippen LogP contribution in [0.15, 0.2) is 22.9 Å². The van der Waals surface area contributed by atoms with Gasteiger partial charge in [-0.05, 0) is 46.8 Å². The molecule has 1 aromatic heterocycles. The lowest BCUT2D eigenvalue weighted by molar-refractivity contribution is -0.112. The van der Waals surface area contributed by atoms with E-state index in [-0.39, 0.29) is 5.41 Å². The van der Waals surface area contributed by atoms with Crippen molar-refractivity contribution in [3.8, 4) is 0 Å². The van der Waals surface area contributed by atoms with Gasteiger partial charge in [0.05, 0.1) is 0 Å². The number of halogens is 1. The normalized spacial score (nSPS) is 18.2. The summed E-state index contributed by atoms with van der Waals surface area (Å²) in [4.78, 5) is 14.8. The van der Waals surface area contributed by atoms with E-state index < -0.39 is 0 Å². The minimum absolute atomic E-state index is 0.0517. The summed E-state index contributed by atoms with van der Waals surface area (Å²) in [5.74, 6) is 0. The molecule has 1 aliphatic rings. The number of aromatic nitrogens is 1. The van der Waals surface area contributed by atoms with Crippen LogP contribution < -0.4 is 0 Å². The summed E-state index contributed by atoms with van der Waals surface area (Å²) in [5, 5.41) is 0. The molecule has 0 bridgehead atoms. The SMILES string of the molecule is O=CC1(Cc2ccncc2Br)CC1. The standard InChI is InChI=1S/C10H10BrNO/c11-9-6-12-4-1-8(9)5-10(7-13)2-3-10/h1,4,6-7H,2-3,5H2. The molecular weight excluding hydrogens is 230 g/mol. The van der Waals surface area contributed by atoms with Crippen molar-refractivity contribution >= 4 is 22.2 Å². The molecule has 2 nitrogen and oxygen atoms in total. The fourth-order valence-corrected chi connectivity index (χ4v) is 1.81. The zero-order valence-electron chi connectivity index (χ0n) is 7.16. The van der Waals surface area contributed by atoms with Crippen LogP contribution in [0.25, 0.3) is 0 Å². The van der Waals surface area contributed by atoms with Crippen molar-refractivity contribution in [2.75, 3.05) is 0 Å². The fraction of sp³-hybridized carbons (Fsp3) is 0.400. The maximum absolute atomic E-state index is 10.8. The second kappa shape index (κ2) is 3.22. The number of pyridine rings is 1. The molecule has 3 heteroatoms. The molecule has 0 aliphatic heterocycles. The summed E-state index contributed by atoms with van der Waals surface area (Å²) in [6.07, 6.45) is 7.55. The molecule has 1 heterocycles. The maximum atomic E-state index is 10.8. The van der Waals surface area contributed by atoms with Crippen molar-refractivity contribution in [1.29, 1.82) is 0 Å². The Morgan fingerprint density at radius 1 is 1.62 bits per heavy atom. The first kappa shape index (κ1) is 8.88. The van der Waals surface area contributed by atoms with E-state index in [1.54, 1.807) is 12.4 Å². The summed E-state index contributed by atoms with van der Waals surface area (Å²) in [6.45, 7) is 0. The largest absolute Gasteiger partial charge is 0.303 e. The van der Waals surface area contributed by atoms with E-state index in [1.807, 2.05) is 6.07 Å². The van der Waals surface area contributed by atoms with Crippen LogP contribution in [-0.2, 0) is 11.2 Å². The lowest BCUT2D eigenvalue weighted by Crippen LogP contribution is -2.06. The number of hydrogen-bond acceptors (Lipinski definition) is 2. The van der Waals surface area contributed by atoms with Gasteiger partial charge in [-0.2, -0.15) is 0 Å². The van der Waals surface area contributed by atoms with Crippen molar-refractivity contribution in [1.82, 2.24) is 4.98 Å². The Hall–Kier alpha value is -0.700. The van der Waals surface area contributed by atoms with Gasteiger partial charge in [-0.3, -0.25) is 4.98 Å². The van der Waals surface area contributed by atoms with E-state index in [1.165, 1.54) is 5.56 Å². The summed E-state index contributed by atoms with van der Waals surface area (Å²) >= 11 is 3.43. The van der Waals surface area contributed by atoms with Gasteiger partial charge in [0.15, 0.2) is 0 Å². The highest BCUT2D eigenvalue weighted by Gasteiger charge is 2.42. The highest BCUT2D eigenvalue weighted by Crippen LogP contribution is 2.46. The van der Waals surface area contributed by atoms with Gasteiger partial charge in [0.2, 0.25) is 0 Å². The number of carbonyl (C=O) groups is 1. The van der Waals surface area contributed by atoms with Gasteiger partial charge in [-0.15, -0.1) is 0 Å².